The largest absolute Gasteiger partial charge is 0.507 e. The molecule has 9 nitrogen and oxygen atoms in total. The molecule has 1 aromatic carbocycles. The van der Waals surface area contributed by atoms with E-state index >= 15 is 0 Å². The molecule has 1 aromatic heterocycles. The maximum absolute atomic E-state index is 11.5. The van der Waals surface area contributed by atoms with Crippen LogP contribution in [0.15, 0.2) is 28.5 Å². The Hall–Kier alpha value is -2.75. The minimum atomic E-state index is -0.328. The molecule has 134 valence electrons. The van der Waals surface area contributed by atoms with E-state index in [1.807, 2.05) is 0 Å². The molecule has 0 amide bonds. The molecule has 0 saturated heterocycles. The number of rotatable bonds is 8. The molecule has 0 spiro atoms. The normalized spacial score (nSPS) is 11.0. The fourth-order valence-electron chi connectivity index (χ4n) is 1.71. The van der Waals surface area contributed by atoms with Gasteiger partial charge in [0.25, 0.3) is 0 Å². The first-order chi connectivity index (χ1) is 12.0. The molecule has 0 saturated carbocycles. The molecule has 0 atom stereocenters. The van der Waals surface area contributed by atoms with Gasteiger partial charge in [0.05, 0.1) is 25.2 Å². The minimum absolute atomic E-state index is 0.0730. The molecular formula is C15H19N5O4S. The summed E-state index contributed by atoms with van der Waals surface area (Å²) < 4.78 is 10.1. The monoisotopic (exact) mass is 365 g/mol. The predicted octanol–water partition coefficient (Wildman–Crippen LogP) is 2.01. The van der Waals surface area contributed by atoms with Gasteiger partial charge in [-0.3, -0.25) is 4.79 Å². The number of aromatic nitrogens is 3. The summed E-state index contributed by atoms with van der Waals surface area (Å²) in [4.78, 5) is 15.6. The Morgan fingerprint density at radius 1 is 1.52 bits per heavy atom. The Labute approximate surface area is 148 Å². The minimum Gasteiger partial charge on any atom is -0.507 e. The predicted molar refractivity (Wildman–Crippen MR) is 94.2 cm³/mol. The number of nitrogens with zero attached hydrogens (tertiary/aromatic N) is 3. The highest BCUT2D eigenvalue weighted by Gasteiger charge is 2.09. The van der Waals surface area contributed by atoms with E-state index in [1.54, 1.807) is 26.0 Å². The smallest absolute Gasteiger partial charge is 0.316 e. The number of hydrogen-bond donors (Lipinski definition) is 3. The van der Waals surface area contributed by atoms with Crippen LogP contribution in [0, 0.1) is 0 Å². The zero-order chi connectivity index (χ0) is 18.2. The Morgan fingerprint density at radius 3 is 3.04 bits per heavy atom. The number of phenols is 1. The molecule has 3 N–H and O–H groups in total. The molecule has 0 aliphatic heterocycles. The summed E-state index contributed by atoms with van der Waals surface area (Å²) in [6, 6.07) is 4.80. The van der Waals surface area contributed by atoms with Gasteiger partial charge in [0.1, 0.15) is 11.5 Å². The number of carbonyl (C=O) groups is 1. The van der Waals surface area contributed by atoms with Crippen LogP contribution in [0.25, 0.3) is 0 Å². The van der Waals surface area contributed by atoms with Gasteiger partial charge >= 0.3 is 5.97 Å². The van der Waals surface area contributed by atoms with Crippen molar-refractivity contribution in [3.05, 3.63) is 23.8 Å². The zero-order valence-corrected chi connectivity index (χ0v) is 14.8. The molecule has 0 fully saturated rings. The van der Waals surface area contributed by atoms with Crippen molar-refractivity contribution in [1.29, 1.82) is 0 Å². The maximum atomic E-state index is 11.5. The van der Waals surface area contributed by atoms with Crippen LogP contribution in [-0.4, -0.2) is 51.4 Å². The number of aromatic amines is 1. The molecule has 0 bridgehead atoms. The molecule has 0 aliphatic rings. The van der Waals surface area contributed by atoms with Gasteiger partial charge in [-0.25, -0.2) is 10.5 Å². The second-order valence-corrected chi connectivity index (χ2v) is 6.03. The Morgan fingerprint density at radius 2 is 2.32 bits per heavy atom. The van der Waals surface area contributed by atoms with Gasteiger partial charge in [-0.05, 0) is 32.0 Å². The first kappa shape index (κ1) is 18.6. The lowest BCUT2D eigenvalue weighted by atomic mass is 10.2. The number of thioether (sulfide) groups is 1. The summed E-state index contributed by atoms with van der Waals surface area (Å²) >= 11 is 1.15. The lowest BCUT2D eigenvalue weighted by Crippen LogP contribution is -2.13. The first-order valence-electron chi connectivity index (χ1n) is 7.38. The van der Waals surface area contributed by atoms with E-state index in [4.69, 9.17) is 9.47 Å². The summed E-state index contributed by atoms with van der Waals surface area (Å²) in [5, 5.41) is 20.7. The molecule has 0 aliphatic carbocycles. The van der Waals surface area contributed by atoms with Gasteiger partial charge < -0.3 is 14.6 Å². The lowest BCUT2D eigenvalue weighted by Gasteiger charge is -2.05. The fraction of sp³-hybridized carbons (Fsp3) is 0.333. The number of H-pyrrole nitrogens is 1. The van der Waals surface area contributed by atoms with E-state index in [-0.39, 0.29) is 23.6 Å². The Balaban J connectivity index is 1.88. The summed E-state index contributed by atoms with van der Waals surface area (Å²) in [6.45, 7) is 3.57. The number of aromatic hydroxyl groups is 1. The third-order valence-corrected chi connectivity index (χ3v) is 3.58. The van der Waals surface area contributed by atoms with Crippen molar-refractivity contribution in [2.24, 2.45) is 5.10 Å². The second kappa shape index (κ2) is 8.92. The number of carbonyl (C=O) groups excluding carboxylic acids is 1. The fourth-order valence-corrected chi connectivity index (χ4v) is 2.29. The van der Waals surface area contributed by atoms with Crippen molar-refractivity contribution >= 4 is 29.9 Å². The first-order valence-corrected chi connectivity index (χ1v) is 8.37. The highest BCUT2D eigenvalue weighted by Crippen LogP contribution is 2.21. The molecule has 2 aromatic rings. The number of hydrazone groups is 1. The quantitative estimate of drug-likeness (QED) is 0.281. The maximum Gasteiger partial charge on any atom is 0.316 e. The highest BCUT2D eigenvalue weighted by molar-refractivity contribution is 7.99. The molecular weight excluding hydrogens is 346 g/mol. The van der Waals surface area contributed by atoms with Crippen LogP contribution in [0.5, 0.6) is 11.5 Å². The third-order valence-electron chi connectivity index (χ3n) is 2.76. The van der Waals surface area contributed by atoms with Crippen molar-refractivity contribution in [3.63, 3.8) is 0 Å². The molecule has 25 heavy (non-hydrogen) atoms. The topological polar surface area (TPSA) is 122 Å². The van der Waals surface area contributed by atoms with Gasteiger partial charge in [-0.2, -0.15) is 10.1 Å². The van der Waals surface area contributed by atoms with Gasteiger partial charge in [0.15, 0.2) is 0 Å². The number of nitrogens with one attached hydrogen (secondary N) is 2. The standard InChI is InChI=1S/C15H19N5O4S/c1-9(2)24-13(22)8-25-15-17-14(19-20-15)18-16-7-10-6-11(23-3)4-5-12(10)21/h4-7,9,21H,8H2,1-3H3,(H2,17,18,19,20)/b16-7+. The number of hydrogen-bond acceptors (Lipinski definition) is 9. The molecule has 10 heteroatoms. The van der Waals surface area contributed by atoms with Crippen molar-refractivity contribution in [2.75, 3.05) is 18.3 Å². The number of anilines is 1. The summed E-state index contributed by atoms with van der Waals surface area (Å²) in [5.74, 6) is 0.773. The molecule has 0 unspecified atom stereocenters. The van der Waals surface area contributed by atoms with E-state index in [0.717, 1.165) is 11.8 Å². The van der Waals surface area contributed by atoms with Gasteiger partial charge in [-0.15, -0.1) is 5.10 Å². The second-order valence-electron chi connectivity index (χ2n) is 5.09. The number of benzene rings is 1. The average Bonchev–Trinajstić information content (AvgIpc) is 3.02. The van der Waals surface area contributed by atoms with E-state index < -0.39 is 0 Å². The lowest BCUT2D eigenvalue weighted by molar-refractivity contribution is -0.144. The molecule has 2 rings (SSSR count). The van der Waals surface area contributed by atoms with Crippen LogP contribution < -0.4 is 10.2 Å². The number of esters is 1. The summed E-state index contributed by atoms with van der Waals surface area (Å²) in [7, 11) is 1.54. The Kier molecular flexibility index (Phi) is 6.63. The van der Waals surface area contributed by atoms with Gasteiger partial charge in [-0.1, -0.05) is 11.8 Å². The van der Waals surface area contributed by atoms with Crippen LogP contribution in [0.4, 0.5) is 5.95 Å². The third kappa shape index (κ3) is 5.99. The number of phenolic OH excluding ortho intramolecular Hbond substituents is 1. The van der Waals surface area contributed by atoms with Crippen LogP contribution in [0.3, 0.4) is 0 Å². The van der Waals surface area contributed by atoms with Crippen molar-refractivity contribution in [2.45, 2.75) is 25.1 Å². The molecule has 1 heterocycles. The van der Waals surface area contributed by atoms with E-state index in [0.29, 0.717) is 22.4 Å². The van der Waals surface area contributed by atoms with E-state index in [1.165, 1.54) is 19.4 Å². The van der Waals surface area contributed by atoms with Crippen LogP contribution >= 0.6 is 11.8 Å². The van der Waals surface area contributed by atoms with Crippen molar-refractivity contribution in [3.8, 4) is 11.5 Å². The van der Waals surface area contributed by atoms with E-state index in [9.17, 15) is 9.90 Å². The van der Waals surface area contributed by atoms with Crippen molar-refractivity contribution in [1.82, 2.24) is 15.2 Å². The SMILES string of the molecule is COc1ccc(O)c(/C=N/Nc2nc(SCC(=O)OC(C)C)n[nH]2)c1. The van der Waals surface area contributed by atoms with Crippen LogP contribution in [-0.2, 0) is 9.53 Å². The summed E-state index contributed by atoms with van der Waals surface area (Å²) in [5.41, 5.74) is 3.14. The average molecular weight is 365 g/mol. The Bertz CT molecular complexity index is 747. The summed E-state index contributed by atoms with van der Waals surface area (Å²) in [6.07, 6.45) is 1.27. The molecule has 0 radical (unpaired) electrons. The van der Waals surface area contributed by atoms with Gasteiger partial charge in [0, 0.05) is 5.56 Å². The van der Waals surface area contributed by atoms with Crippen molar-refractivity contribution < 1.29 is 19.4 Å². The van der Waals surface area contributed by atoms with E-state index in [2.05, 4.69) is 25.7 Å². The zero-order valence-electron chi connectivity index (χ0n) is 14.0. The number of ether oxygens (including phenoxy) is 2. The van der Waals surface area contributed by atoms with Crippen LogP contribution in [0.2, 0.25) is 0 Å². The highest BCUT2D eigenvalue weighted by atomic mass is 32.2. The van der Waals surface area contributed by atoms with Crippen LogP contribution in [0.1, 0.15) is 19.4 Å². The van der Waals surface area contributed by atoms with Gasteiger partial charge in [0.2, 0.25) is 11.1 Å². The number of methoxy groups -OCH3 is 1.